The summed E-state index contributed by atoms with van der Waals surface area (Å²) in [4.78, 5) is 4.89. The molecule has 0 aromatic carbocycles. The van der Waals surface area contributed by atoms with Gasteiger partial charge in [0.15, 0.2) is 0 Å². The molecule has 0 aliphatic rings. The van der Waals surface area contributed by atoms with E-state index in [2.05, 4.69) is 20.9 Å². The smallest absolute Gasteiger partial charge is 0.131 e. The molecule has 0 spiro atoms. The van der Waals surface area contributed by atoms with Crippen LogP contribution in [0.1, 0.15) is 16.7 Å². The number of aryl methyl sites for hydroxylation is 1. The summed E-state index contributed by atoms with van der Waals surface area (Å²) in [6.45, 7) is 0. The predicted molar refractivity (Wildman–Crippen MR) is 59.3 cm³/mol. The van der Waals surface area contributed by atoms with Gasteiger partial charge in [-0.3, -0.25) is 0 Å². The highest BCUT2D eigenvalue weighted by atomic mass is 79.9. The molecule has 0 aliphatic carbocycles. The Bertz CT molecular complexity index is 397. The van der Waals surface area contributed by atoms with Gasteiger partial charge in [-0.2, -0.15) is 0 Å². The highest BCUT2D eigenvalue weighted by molar-refractivity contribution is 9.10. The maximum atomic E-state index is 10.1. The van der Waals surface area contributed by atoms with Gasteiger partial charge in [0.1, 0.15) is 6.10 Å². The average Bonchev–Trinajstić information content (AvgIpc) is 2.73. The topological polar surface area (TPSA) is 38.0 Å². The Balaban J connectivity index is 2.38. The van der Waals surface area contributed by atoms with Crippen molar-refractivity contribution in [2.75, 3.05) is 0 Å². The van der Waals surface area contributed by atoms with E-state index in [4.69, 9.17) is 0 Å². The van der Waals surface area contributed by atoms with Crippen LogP contribution in [0.25, 0.3) is 0 Å². The van der Waals surface area contributed by atoms with Crippen LogP contribution in [0.2, 0.25) is 0 Å². The van der Waals surface area contributed by atoms with Gasteiger partial charge in [0.25, 0.3) is 0 Å². The Labute approximate surface area is 94.2 Å². The van der Waals surface area contributed by atoms with Crippen LogP contribution in [0, 0.1) is 0 Å². The molecule has 3 nitrogen and oxygen atoms in total. The molecule has 2 aromatic rings. The lowest BCUT2D eigenvalue weighted by atomic mass is 10.2. The van der Waals surface area contributed by atoms with Crippen molar-refractivity contribution in [3.8, 4) is 0 Å². The third kappa shape index (κ3) is 1.63. The molecule has 2 heterocycles. The number of hydrogen-bond acceptors (Lipinski definition) is 3. The molecule has 0 amide bonds. The van der Waals surface area contributed by atoms with Crippen LogP contribution in [0.3, 0.4) is 0 Å². The molecule has 2 aromatic heterocycles. The van der Waals surface area contributed by atoms with Crippen molar-refractivity contribution in [3.63, 3.8) is 0 Å². The number of aromatic nitrogens is 2. The lowest BCUT2D eigenvalue weighted by Gasteiger charge is -2.09. The second kappa shape index (κ2) is 3.84. The van der Waals surface area contributed by atoms with Crippen LogP contribution in [0.5, 0.6) is 0 Å². The van der Waals surface area contributed by atoms with Crippen molar-refractivity contribution < 1.29 is 5.11 Å². The van der Waals surface area contributed by atoms with E-state index >= 15 is 0 Å². The maximum Gasteiger partial charge on any atom is 0.131 e. The molecule has 0 aliphatic heterocycles. The Hall–Kier alpha value is -0.650. The van der Waals surface area contributed by atoms with Gasteiger partial charge in [0.05, 0.1) is 23.1 Å². The van der Waals surface area contributed by atoms with E-state index in [0.29, 0.717) is 0 Å². The molecule has 1 unspecified atom stereocenters. The van der Waals surface area contributed by atoms with Crippen molar-refractivity contribution in [2.45, 2.75) is 6.10 Å². The van der Waals surface area contributed by atoms with Crippen LogP contribution < -0.4 is 0 Å². The summed E-state index contributed by atoms with van der Waals surface area (Å²) in [6, 6.07) is 1.93. The molecule has 5 heteroatoms. The summed E-state index contributed by atoms with van der Waals surface area (Å²) < 4.78 is 2.76. The van der Waals surface area contributed by atoms with Crippen LogP contribution in [0.4, 0.5) is 0 Å². The minimum atomic E-state index is -0.600. The zero-order valence-corrected chi connectivity index (χ0v) is 9.92. The summed E-state index contributed by atoms with van der Waals surface area (Å²) in [5.74, 6) is 0. The monoisotopic (exact) mass is 272 g/mol. The number of thiophene rings is 1. The lowest BCUT2D eigenvalue weighted by molar-refractivity contribution is 0.214. The summed E-state index contributed by atoms with van der Waals surface area (Å²) in [5.41, 5.74) is 0.799. The number of hydrogen-bond donors (Lipinski definition) is 1. The Kier molecular flexibility index (Phi) is 2.71. The normalized spacial score (nSPS) is 13.1. The molecule has 0 bridgehead atoms. The fourth-order valence-corrected chi connectivity index (χ4v) is 2.85. The molecule has 1 atom stereocenters. The first-order chi connectivity index (χ1) is 6.70. The fourth-order valence-electron chi connectivity index (χ4n) is 1.27. The van der Waals surface area contributed by atoms with Gasteiger partial charge < -0.3 is 9.67 Å². The highest BCUT2D eigenvalue weighted by Gasteiger charge is 2.17. The average molecular weight is 273 g/mol. The molecule has 2 rings (SSSR count). The number of halogens is 1. The van der Waals surface area contributed by atoms with Crippen LogP contribution in [-0.4, -0.2) is 14.7 Å². The zero-order valence-electron chi connectivity index (χ0n) is 7.51. The van der Waals surface area contributed by atoms with E-state index in [-0.39, 0.29) is 0 Å². The van der Waals surface area contributed by atoms with Crippen molar-refractivity contribution in [1.29, 1.82) is 0 Å². The molecule has 14 heavy (non-hydrogen) atoms. The summed E-state index contributed by atoms with van der Waals surface area (Å²) in [6.07, 6.45) is 2.76. The standard InChI is InChI=1S/C9H9BrN2OS/c1-12-5-11-4-7(12)8(13)9-6(10)2-3-14-9/h2-5,8,13H,1H3. The number of imidazole rings is 1. The van der Waals surface area contributed by atoms with Crippen molar-refractivity contribution >= 4 is 27.3 Å². The number of rotatable bonds is 2. The van der Waals surface area contributed by atoms with Gasteiger partial charge in [-0.1, -0.05) is 0 Å². The summed E-state index contributed by atoms with van der Waals surface area (Å²) in [5, 5.41) is 12.0. The van der Waals surface area contributed by atoms with Gasteiger partial charge in [-0.25, -0.2) is 4.98 Å². The summed E-state index contributed by atoms with van der Waals surface area (Å²) in [7, 11) is 1.87. The van der Waals surface area contributed by atoms with Crippen LogP contribution >= 0.6 is 27.3 Å². The van der Waals surface area contributed by atoms with E-state index in [1.54, 1.807) is 12.5 Å². The third-order valence-corrected chi connectivity index (χ3v) is 3.95. The first-order valence-electron chi connectivity index (χ1n) is 4.07. The van der Waals surface area contributed by atoms with Crippen molar-refractivity contribution in [3.05, 3.63) is 39.0 Å². The maximum absolute atomic E-state index is 10.1. The zero-order chi connectivity index (χ0) is 10.1. The first-order valence-corrected chi connectivity index (χ1v) is 5.74. The van der Waals surface area contributed by atoms with Crippen LogP contribution in [0.15, 0.2) is 28.4 Å². The van der Waals surface area contributed by atoms with E-state index in [1.807, 2.05) is 23.1 Å². The molecular formula is C9H9BrN2OS. The minimum Gasteiger partial charge on any atom is -0.381 e. The Morgan fingerprint density at radius 1 is 1.64 bits per heavy atom. The number of aliphatic hydroxyl groups excluding tert-OH is 1. The second-order valence-electron chi connectivity index (χ2n) is 2.96. The molecular weight excluding hydrogens is 264 g/mol. The molecule has 74 valence electrons. The Morgan fingerprint density at radius 2 is 2.43 bits per heavy atom. The first kappa shape index (κ1) is 9.89. The Morgan fingerprint density at radius 3 is 2.93 bits per heavy atom. The molecule has 1 N–H and O–H groups in total. The number of aliphatic hydroxyl groups is 1. The van der Waals surface area contributed by atoms with Crippen molar-refractivity contribution in [2.24, 2.45) is 7.05 Å². The second-order valence-corrected chi connectivity index (χ2v) is 4.77. The SMILES string of the molecule is Cn1cncc1C(O)c1sccc1Br. The molecule has 0 fully saturated rings. The number of nitrogens with zero attached hydrogens (tertiary/aromatic N) is 2. The van der Waals surface area contributed by atoms with Gasteiger partial charge in [-0.05, 0) is 27.4 Å². The van der Waals surface area contributed by atoms with E-state index in [9.17, 15) is 5.11 Å². The highest BCUT2D eigenvalue weighted by Crippen LogP contribution is 2.32. The van der Waals surface area contributed by atoms with Crippen LogP contribution in [-0.2, 0) is 7.05 Å². The quantitative estimate of drug-likeness (QED) is 0.911. The largest absolute Gasteiger partial charge is 0.381 e. The van der Waals surface area contributed by atoms with E-state index in [0.717, 1.165) is 15.0 Å². The third-order valence-electron chi connectivity index (χ3n) is 2.03. The van der Waals surface area contributed by atoms with Gasteiger partial charge in [-0.15, -0.1) is 11.3 Å². The van der Waals surface area contributed by atoms with Gasteiger partial charge in [0.2, 0.25) is 0 Å². The lowest BCUT2D eigenvalue weighted by Crippen LogP contribution is -2.03. The summed E-state index contributed by atoms with van der Waals surface area (Å²) >= 11 is 4.92. The van der Waals surface area contributed by atoms with Gasteiger partial charge in [0, 0.05) is 11.5 Å². The van der Waals surface area contributed by atoms with Gasteiger partial charge >= 0.3 is 0 Å². The molecule has 0 saturated carbocycles. The minimum absolute atomic E-state index is 0.600. The fraction of sp³-hybridized carbons (Fsp3) is 0.222. The van der Waals surface area contributed by atoms with E-state index in [1.165, 1.54) is 11.3 Å². The van der Waals surface area contributed by atoms with E-state index < -0.39 is 6.10 Å². The molecule has 0 radical (unpaired) electrons. The molecule has 0 saturated heterocycles. The van der Waals surface area contributed by atoms with Crippen molar-refractivity contribution in [1.82, 2.24) is 9.55 Å². The predicted octanol–water partition coefficient (Wildman–Crippen LogP) is 2.33.